The van der Waals surface area contributed by atoms with Crippen molar-refractivity contribution in [2.45, 2.75) is 30.6 Å². The molecule has 154 valence electrons. The van der Waals surface area contributed by atoms with Crippen LogP contribution >= 0.6 is 11.8 Å². The van der Waals surface area contributed by atoms with E-state index in [1.54, 1.807) is 24.4 Å². The van der Waals surface area contributed by atoms with Gasteiger partial charge in [0.15, 0.2) is 11.0 Å². The van der Waals surface area contributed by atoms with Crippen molar-refractivity contribution in [3.63, 3.8) is 0 Å². The fourth-order valence-electron chi connectivity index (χ4n) is 2.90. The van der Waals surface area contributed by atoms with Crippen LogP contribution in [0.3, 0.4) is 0 Å². The van der Waals surface area contributed by atoms with Gasteiger partial charge in [-0.1, -0.05) is 17.8 Å². The van der Waals surface area contributed by atoms with Crippen molar-refractivity contribution in [2.24, 2.45) is 0 Å². The molecule has 0 saturated heterocycles. The van der Waals surface area contributed by atoms with Crippen LogP contribution in [0.15, 0.2) is 58.9 Å². The second-order valence-electron chi connectivity index (χ2n) is 6.55. The van der Waals surface area contributed by atoms with Crippen molar-refractivity contribution in [1.29, 1.82) is 0 Å². The molecule has 7 nitrogen and oxygen atoms in total. The summed E-state index contributed by atoms with van der Waals surface area (Å²) in [5.74, 6) is 0.269. The van der Waals surface area contributed by atoms with Crippen molar-refractivity contribution in [3.05, 3.63) is 70.5 Å². The number of rotatable bonds is 5. The van der Waals surface area contributed by atoms with E-state index in [4.69, 9.17) is 0 Å². The normalized spacial score (nSPS) is 11.9. The van der Waals surface area contributed by atoms with Gasteiger partial charge >= 0.3 is 6.18 Å². The van der Waals surface area contributed by atoms with Gasteiger partial charge in [0.2, 0.25) is 0 Å². The quantitative estimate of drug-likeness (QED) is 0.449. The number of aryl methyl sites for hydroxylation is 1. The largest absolute Gasteiger partial charge is 0.406 e. The third kappa shape index (κ3) is 4.35. The first-order valence-electron chi connectivity index (χ1n) is 8.82. The van der Waals surface area contributed by atoms with E-state index in [-0.39, 0.29) is 22.3 Å². The van der Waals surface area contributed by atoms with E-state index in [9.17, 15) is 18.0 Å². The Morgan fingerprint density at radius 2 is 1.87 bits per heavy atom. The molecule has 0 aliphatic heterocycles. The molecule has 0 radical (unpaired) electrons. The molecule has 0 unspecified atom stereocenters. The van der Waals surface area contributed by atoms with E-state index < -0.39 is 12.7 Å². The second kappa shape index (κ2) is 7.90. The number of nitrogens with zero attached hydrogens (tertiary/aromatic N) is 6. The highest BCUT2D eigenvalue weighted by Gasteiger charge is 2.31. The molecule has 11 heteroatoms. The van der Waals surface area contributed by atoms with Crippen LogP contribution in [0.4, 0.5) is 13.2 Å². The van der Waals surface area contributed by atoms with E-state index in [1.165, 1.54) is 22.9 Å². The number of thioether (sulfide) groups is 1. The van der Waals surface area contributed by atoms with Gasteiger partial charge in [-0.3, -0.25) is 18.7 Å². The maximum Gasteiger partial charge on any atom is 0.406 e. The fraction of sp³-hybridized carbons (Fsp3) is 0.211. The van der Waals surface area contributed by atoms with E-state index in [2.05, 4.69) is 20.2 Å². The number of aromatic nitrogens is 6. The fourth-order valence-corrected chi connectivity index (χ4v) is 3.73. The summed E-state index contributed by atoms with van der Waals surface area (Å²) in [6.07, 6.45) is 0.186. The molecule has 4 aromatic rings. The molecule has 0 aliphatic rings. The lowest BCUT2D eigenvalue weighted by molar-refractivity contribution is -0.141. The smallest absolute Gasteiger partial charge is 0.293 e. The summed E-state index contributed by atoms with van der Waals surface area (Å²) in [5.41, 5.74) is 2.05. The molecule has 0 bridgehead atoms. The minimum absolute atomic E-state index is 0.0880. The molecular weight excluding hydrogens is 417 g/mol. The van der Waals surface area contributed by atoms with Crippen LogP contribution in [0, 0.1) is 6.92 Å². The molecule has 0 amide bonds. The molecule has 4 aromatic heterocycles. The minimum Gasteiger partial charge on any atom is -0.293 e. The van der Waals surface area contributed by atoms with E-state index in [1.807, 2.05) is 13.0 Å². The summed E-state index contributed by atoms with van der Waals surface area (Å²) in [7, 11) is 0. The molecular formula is C19H15F3N6OS. The number of hydrogen-bond acceptors (Lipinski definition) is 6. The number of alkyl halides is 3. The van der Waals surface area contributed by atoms with Gasteiger partial charge in [-0.05, 0) is 30.7 Å². The summed E-state index contributed by atoms with van der Waals surface area (Å²) >= 11 is 1.04. The Hall–Kier alpha value is -3.21. The first-order chi connectivity index (χ1) is 14.3. The lowest BCUT2D eigenvalue weighted by Gasteiger charge is -2.12. The van der Waals surface area contributed by atoms with Gasteiger partial charge in [0.1, 0.15) is 12.2 Å². The second-order valence-corrected chi connectivity index (χ2v) is 7.49. The first kappa shape index (κ1) is 20.1. The molecule has 4 rings (SSSR count). The molecule has 4 heterocycles. The zero-order valence-electron chi connectivity index (χ0n) is 15.7. The summed E-state index contributed by atoms with van der Waals surface area (Å²) in [6, 6.07) is 8.06. The van der Waals surface area contributed by atoms with Gasteiger partial charge in [-0.2, -0.15) is 13.2 Å². The van der Waals surface area contributed by atoms with Gasteiger partial charge in [-0.25, -0.2) is 4.98 Å². The van der Waals surface area contributed by atoms with Crippen molar-refractivity contribution in [3.8, 4) is 11.4 Å². The van der Waals surface area contributed by atoms with Gasteiger partial charge in [0.05, 0.1) is 5.69 Å². The summed E-state index contributed by atoms with van der Waals surface area (Å²) in [6.45, 7) is 0.635. The Bertz CT molecular complexity index is 1250. The van der Waals surface area contributed by atoms with Gasteiger partial charge in [-0.15, -0.1) is 10.2 Å². The molecule has 30 heavy (non-hydrogen) atoms. The van der Waals surface area contributed by atoms with Crippen molar-refractivity contribution >= 4 is 17.4 Å². The molecule has 0 atom stereocenters. The van der Waals surface area contributed by atoms with Crippen LogP contribution in [0.2, 0.25) is 0 Å². The van der Waals surface area contributed by atoms with Crippen molar-refractivity contribution in [2.75, 3.05) is 0 Å². The number of fused-ring (bicyclic) bond motifs is 1. The Kier molecular flexibility index (Phi) is 5.29. The minimum atomic E-state index is -4.45. The zero-order valence-corrected chi connectivity index (χ0v) is 16.5. The standard InChI is InChI=1S/C19H15F3N6OS/c1-12-2-3-15-24-14(8-16(29)27(15)9-12)10-30-18-26-25-17(13-4-6-23-7-5-13)28(18)11-19(20,21)22/h2-9H,10-11H2,1H3. The molecule has 0 N–H and O–H groups in total. The van der Waals surface area contributed by atoms with Crippen molar-refractivity contribution < 1.29 is 13.2 Å². The molecule has 0 spiro atoms. The maximum atomic E-state index is 13.2. The van der Waals surface area contributed by atoms with Gasteiger partial charge < -0.3 is 0 Å². The lowest BCUT2D eigenvalue weighted by atomic mass is 10.2. The average Bonchev–Trinajstić information content (AvgIpc) is 3.08. The van der Waals surface area contributed by atoms with Crippen molar-refractivity contribution in [1.82, 2.24) is 29.1 Å². The molecule has 0 aromatic carbocycles. The summed E-state index contributed by atoms with van der Waals surface area (Å²) in [5, 5.41) is 7.96. The third-order valence-corrected chi connectivity index (χ3v) is 5.20. The molecule has 0 saturated carbocycles. The maximum absolute atomic E-state index is 13.2. The van der Waals surface area contributed by atoms with E-state index in [0.29, 0.717) is 16.9 Å². The van der Waals surface area contributed by atoms with Crippen LogP contribution in [-0.4, -0.2) is 35.3 Å². The van der Waals surface area contributed by atoms with E-state index in [0.717, 1.165) is 21.9 Å². The Balaban J connectivity index is 1.65. The Morgan fingerprint density at radius 1 is 1.10 bits per heavy atom. The average molecular weight is 432 g/mol. The lowest BCUT2D eigenvalue weighted by Crippen LogP contribution is -2.19. The predicted molar refractivity (Wildman–Crippen MR) is 105 cm³/mol. The van der Waals surface area contributed by atoms with Crippen LogP contribution in [-0.2, 0) is 12.3 Å². The Morgan fingerprint density at radius 3 is 2.60 bits per heavy atom. The Labute approximate surface area is 172 Å². The summed E-state index contributed by atoms with van der Waals surface area (Å²) in [4.78, 5) is 20.6. The van der Waals surface area contributed by atoms with E-state index >= 15 is 0 Å². The third-order valence-electron chi connectivity index (χ3n) is 4.20. The zero-order chi connectivity index (χ0) is 21.3. The number of hydrogen-bond donors (Lipinski definition) is 0. The van der Waals surface area contributed by atoms with Gasteiger partial charge in [0, 0.05) is 36.0 Å². The molecule has 0 fully saturated rings. The highest BCUT2D eigenvalue weighted by atomic mass is 32.2. The van der Waals surface area contributed by atoms with Crippen LogP contribution in [0.25, 0.3) is 17.0 Å². The predicted octanol–water partition coefficient (Wildman–Crippen LogP) is 3.51. The number of halogens is 3. The first-order valence-corrected chi connectivity index (χ1v) is 9.81. The van der Waals surface area contributed by atoms with Crippen LogP contribution < -0.4 is 5.56 Å². The highest BCUT2D eigenvalue weighted by Crippen LogP contribution is 2.29. The van der Waals surface area contributed by atoms with Gasteiger partial charge in [0.25, 0.3) is 5.56 Å². The molecule has 0 aliphatic carbocycles. The van der Waals surface area contributed by atoms with Crippen LogP contribution in [0.5, 0.6) is 0 Å². The highest BCUT2D eigenvalue weighted by molar-refractivity contribution is 7.98. The van der Waals surface area contributed by atoms with Crippen LogP contribution in [0.1, 0.15) is 11.3 Å². The number of pyridine rings is 2. The monoisotopic (exact) mass is 432 g/mol. The SMILES string of the molecule is Cc1ccc2nc(CSc3nnc(-c4ccncc4)n3CC(F)(F)F)cc(=O)n2c1. The summed E-state index contributed by atoms with van der Waals surface area (Å²) < 4.78 is 41.9. The topological polar surface area (TPSA) is 78.0 Å².